The van der Waals surface area contributed by atoms with Gasteiger partial charge < -0.3 is 14.5 Å². The van der Waals surface area contributed by atoms with Crippen LogP contribution < -0.4 is 15.4 Å². The van der Waals surface area contributed by atoms with Gasteiger partial charge in [-0.1, -0.05) is 23.9 Å². The molecule has 29 heavy (non-hydrogen) atoms. The van der Waals surface area contributed by atoms with Gasteiger partial charge in [0.1, 0.15) is 11.5 Å². The van der Waals surface area contributed by atoms with Crippen LogP contribution in [0.15, 0.2) is 52.2 Å². The fraction of sp³-hybridized carbons (Fsp3) is 0.263. The number of thioether (sulfide) groups is 1. The lowest BCUT2D eigenvalue weighted by atomic mass is 10.2. The minimum Gasteiger partial charge on any atom is -0.497 e. The summed E-state index contributed by atoms with van der Waals surface area (Å²) in [6, 6.07) is 10.6. The van der Waals surface area contributed by atoms with Crippen LogP contribution in [0.5, 0.6) is 5.75 Å². The highest BCUT2D eigenvalue weighted by molar-refractivity contribution is 7.99. The summed E-state index contributed by atoms with van der Waals surface area (Å²) in [7, 11) is 1.60. The summed E-state index contributed by atoms with van der Waals surface area (Å²) in [5.74, 6) is 1.64. The van der Waals surface area contributed by atoms with Crippen molar-refractivity contribution in [1.82, 2.24) is 25.4 Å². The largest absolute Gasteiger partial charge is 0.497 e. The fourth-order valence-corrected chi connectivity index (χ4v) is 3.31. The number of methoxy groups -OCH3 is 1. The van der Waals surface area contributed by atoms with Crippen LogP contribution in [0.3, 0.4) is 0 Å². The van der Waals surface area contributed by atoms with Crippen LogP contribution >= 0.6 is 11.8 Å². The highest BCUT2D eigenvalue weighted by atomic mass is 32.2. The standard InChI is InChI=1S/C19H21N5O4S/c1-3-20-18(26)21-16(25)12-29-19-23-22-17(13-6-4-7-14(10-13)27-2)24(19)11-15-8-5-9-28-15/h4-10H,3,11-12H2,1-2H3,(H2,20,21,25,26). The number of hydrogen-bond donors (Lipinski definition) is 2. The summed E-state index contributed by atoms with van der Waals surface area (Å²) in [5, 5.41) is 13.8. The summed E-state index contributed by atoms with van der Waals surface area (Å²) < 4.78 is 12.6. The Kier molecular flexibility index (Phi) is 6.90. The van der Waals surface area contributed by atoms with Crippen molar-refractivity contribution in [1.29, 1.82) is 0 Å². The SMILES string of the molecule is CCNC(=O)NC(=O)CSc1nnc(-c2cccc(OC)c2)n1Cc1ccco1. The first-order valence-electron chi connectivity index (χ1n) is 8.91. The molecule has 9 nitrogen and oxygen atoms in total. The van der Waals surface area contributed by atoms with Crippen molar-refractivity contribution < 1.29 is 18.7 Å². The summed E-state index contributed by atoms with van der Waals surface area (Å²) >= 11 is 1.19. The Balaban J connectivity index is 1.82. The van der Waals surface area contributed by atoms with Crippen molar-refractivity contribution in [3.8, 4) is 17.1 Å². The number of benzene rings is 1. The molecule has 3 aromatic rings. The zero-order valence-electron chi connectivity index (χ0n) is 16.0. The predicted octanol–water partition coefficient (Wildman–Crippen LogP) is 2.53. The lowest BCUT2D eigenvalue weighted by Gasteiger charge is -2.10. The lowest BCUT2D eigenvalue weighted by molar-refractivity contribution is -0.117. The Morgan fingerprint density at radius 1 is 1.24 bits per heavy atom. The van der Waals surface area contributed by atoms with Crippen molar-refractivity contribution in [3.63, 3.8) is 0 Å². The van der Waals surface area contributed by atoms with E-state index in [1.165, 1.54) is 11.8 Å². The fourth-order valence-electron chi connectivity index (χ4n) is 2.57. The van der Waals surface area contributed by atoms with Gasteiger partial charge in [0.2, 0.25) is 5.91 Å². The van der Waals surface area contributed by atoms with Crippen LogP contribution in [0, 0.1) is 0 Å². The van der Waals surface area contributed by atoms with E-state index in [2.05, 4.69) is 20.8 Å². The number of nitrogens with one attached hydrogen (secondary N) is 2. The van der Waals surface area contributed by atoms with Crippen molar-refractivity contribution in [2.45, 2.75) is 18.6 Å². The number of imide groups is 1. The minimum atomic E-state index is -0.521. The van der Waals surface area contributed by atoms with E-state index in [1.54, 1.807) is 26.4 Å². The molecule has 2 aromatic heterocycles. The Morgan fingerprint density at radius 3 is 2.83 bits per heavy atom. The summed E-state index contributed by atoms with van der Waals surface area (Å²) in [5.41, 5.74) is 0.821. The number of nitrogens with zero attached hydrogens (tertiary/aromatic N) is 3. The highest BCUT2D eigenvalue weighted by Crippen LogP contribution is 2.27. The van der Waals surface area contributed by atoms with Crippen molar-refractivity contribution in [2.24, 2.45) is 0 Å². The van der Waals surface area contributed by atoms with E-state index >= 15 is 0 Å². The van der Waals surface area contributed by atoms with E-state index in [1.807, 2.05) is 34.9 Å². The topological polar surface area (TPSA) is 111 Å². The summed E-state index contributed by atoms with van der Waals surface area (Å²) in [4.78, 5) is 23.5. The average molecular weight is 415 g/mol. The van der Waals surface area contributed by atoms with Gasteiger partial charge in [0.05, 0.1) is 25.7 Å². The molecule has 0 atom stereocenters. The number of ether oxygens (including phenoxy) is 1. The maximum absolute atomic E-state index is 12.0. The Bertz CT molecular complexity index is 971. The first kappa shape index (κ1) is 20.5. The molecule has 2 N–H and O–H groups in total. The van der Waals surface area contributed by atoms with Gasteiger partial charge in [0.25, 0.3) is 0 Å². The number of urea groups is 1. The summed E-state index contributed by atoms with van der Waals surface area (Å²) in [6.45, 7) is 2.61. The molecule has 0 aliphatic carbocycles. The molecular formula is C19H21N5O4S. The quantitative estimate of drug-likeness (QED) is 0.544. The number of rotatable bonds is 8. The molecule has 10 heteroatoms. The first-order valence-corrected chi connectivity index (χ1v) is 9.89. The maximum Gasteiger partial charge on any atom is 0.321 e. The molecule has 3 amide bonds. The van der Waals surface area contributed by atoms with Crippen molar-refractivity contribution >= 4 is 23.7 Å². The number of hydrogen-bond acceptors (Lipinski definition) is 7. The Morgan fingerprint density at radius 2 is 2.10 bits per heavy atom. The second-order valence-corrected chi connectivity index (χ2v) is 6.84. The molecule has 0 bridgehead atoms. The molecule has 0 saturated carbocycles. The van der Waals surface area contributed by atoms with Crippen LogP contribution in [0.25, 0.3) is 11.4 Å². The normalized spacial score (nSPS) is 10.6. The van der Waals surface area contributed by atoms with Gasteiger partial charge in [0, 0.05) is 12.1 Å². The maximum atomic E-state index is 12.0. The molecule has 2 heterocycles. The molecule has 0 radical (unpaired) electrons. The average Bonchev–Trinajstić information content (AvgIpc) is 3.37. The van der Waals surface area contributed by atoms with Gasteiger partial charge in [-0.3, -0.25) is 14.7 Å². The molecule has 0 aliphatic rings. The Labute approximate surface area is 171 Å². The van der Waals surface area contributed by atoms with Crippen LogP contribution in [0.2, 0.25) is 0 Å². The summed E-state index contributed by atoms with van der Waals surface area (Å²) in [6.07, 6.45) is 1.59. The van der Waals surface area contributed by atoms with Gasteiger partial charge in [-0.2, -0.15) is 0 Å². The molecule has 152 valence electrons. The molecule has 0 fully saturated rings. The van der Waals surface area contributed by atoms with Crippen LogP contribution in [0.1, 0.15) is 12.7 Å². The zero-order valence-corrected chi connectivity index (χ0v) is 16.9. The number of carbonyl (C=O) groups excluding carboxylic acids is 2. The number of furan rings is 1. The van der Waals surface area contributed by atoms with Gasteiger partial charge in [-0.15, -0.1) is 10.2 Å². The van der Waals surface area contributed by atoms with Crippen LogP contribution in [0.4, 0.5) is 4.79 Å². The molecular weight excluding hydrogens is 394 g/mol. The van der Waals surface area contributed by atoms with Crippen LogP contribution in [-0.2, 0) is 11.3 Å². The molecule has 0 saturated heterocycles. The highest BCUT2D eigenvalue weighted by Gasteiger charge is 2.18. The van der Waals surface area contributed by atoms with E-state index in [9.17, 15) is 9.59 Å². The monoisotopic (exact) mass is 415 g/mol. The van der Waals surface area contributed by atoms with Gasteiger partial charge in [-0.05, 0) is 31.2 Å². The molecule has 1 aromatic carbocycles. The van der Waals surface area contributed by atoms with Gasteiger partial charge in [-0.25, -0.2) is 4.79 Å². The third kappa shape index (κ3) is 5.38. The second-order valence-electron chi connectivity index (χ2n) is 5.90. The number of carbonyl (C=O) groups is 2. The molecule has 0 spiro atoms. The predicted molar refractivity (Wildman–Crippen MR) is 108 cm³/mol. The van der Waals surface area contributed by atoms with Gasteiger partial charge in [0.15, 0.2) is 11.0 Å². The van der Waals surface area contributed by atoms with Crippen LogP contribution in [-0.4, -0.2) is 46.1 Å². The molecule has 0 aliphatic heterocycles. The number of amides is 3. The molecule has 0 unspecified atom stereocenters. The van der Waals surface area contributed by atoms with Crippen molar-refractivity contribution in [3.05, 3.63) is 48.4 Å². The van der Waals surface area contributed by atoms with E-state index in [0.717, 1.165) is 11.3 Å². The number of aromatic nitrogens is 3. The Hall–Kier alpha value is -3.27. The first-order chi connectivity index (χ1) is 14.1. The van der Waals surface area contributed by atoms with E-state index in [0.29, 0.717) is 29.8 Å². The third-order valence-corrected chi connectivity index (χ3v) is 4.83. The minimum absolute atomic E-state index is 0.0194. The van der Waals surface area contributed by atoms with E-state index < -0.39 is 11.9 Å². The zero-order chi connectivity index (χ0) is 20.6. The second kappa shape index (κ2) is 9.78. The molecule has 3 rings (SSSR count). The van der Waals surface area contributed by atoms with E-state index in [4.69, 9.17) is 9.15 Å². The smallest absolute Gasteiger partial charge is 0.321 e. The lowest BCUT2D eigenvalue weighted by Crippen LogP contribution is -2.40. The van der Waals surface area contributed by atoms with E-state index in [-0.39, 0.29) is 5.75 Å². The van der Waals surface area contributed by atoms with Crippen molar-refractivity contribution in [2.75, 3.05) is 19.4 Å². The van der Waals surface area contributed by atoms with Gasteiger partial charge >= 0.3 is 6.03 Å². The third-order valence-electron chi connectivity index (χ3n) is 3.86.